The molecule has 168 valence electrons. The molecule has 1 amide bonds. The van der Waals surface area contributed by atoms with E-state index in [1.807, 2.05) is 0 Å². The van der Waals surface area contributed by atoms with E-state index in [1.165, 1.54) is 12.1 Å². The van der Waals surface area contributed by atoms with E-state index in [9.17, 15) is 22.4 Å². The predicted octanol–water partition coefficient (Wildman–Crippen LogP) is 4.72. The quantitative estimate of drug-likeness (QED) is 0.574. The fourth-order valence-electron chi connectivity index (χ4n) is 5.00. The number of fused-ring (bicyclic) bond motifs is 2. The minimum Gasteiger partial charge on any atom is -0.490 e. The molecular formula is C22H20F4N4O2. The summed E-state index contributed by atoms with van der Waals surface area (Å²) in [5.41, 5.74) is 0.656. The van der Waals surface area contributed by atoms with Crippen LogP contribution in [-0.2, 0) is 11.1 Å². The number of hydrogen-bond acceptors (Lipinski definition) is 4. The summed E-state index contributed by atoms with van der Waals surface area (Å²) in [5, 5.41) is 6.45. The Morgan fingerprint density at radius 2 is 1.97 bits per heavy atom. The third kappa shape index (κ3) is 3.78. The van der Waals surface area contributed by atoms with Crippen LogP contribution < -0.4 is 10.1 Å². The number of pyridine rings is 1. The molecule has 5 rings (SSSR count). The predicted molar refractivity (Wildman–Crippen MR) is 107 cm³/mol. The van der Waals surface area contributed by atoms with Gasteiger partial charge in [-0.25, -0.2) is 4.39 Å². The van der Waals surface area contributed by atoms with E-state index in [0.717, 1.165) is 25.1 Å². The zero-order chi connectivity index (χ0) is 22.6. The Labute approximate surface area is 180 Å². The van der Waals surface area contributed by atoms with Gasteiger partial charge in [0, 0.05) is 29.8 Å². The molecule has 0 spiro atoms. The number of amides is 1. The van der Waals surface area contributed by atoms with Crippen molar-refractivity contribution in [3.8, 4) is 5.75 Å². The number of nitrogens with zero attached hydrogens (tertiary/aromatic N) is 3. The van der Waals surface area contributed by atoms with Gasteiger partial charge in [0.15, 0.2) is 5.82 Å². The fourth-order valence-corrected chi connectivity index (χ4v) is 5.00. The van der Waals surface area contributed by atoms with Crippen molar-refractivity contribution in [2.24, 2.45) is 23.7 Å². The highest BCUT2D eigenvalue weighted by Crippen LogP contribution is 2.61. The van der Waals surface area contributed by atoms with Crippen LogP contribution in [-0.4, -0.2) is 26.8 Å². The summed E-state index contributed by atoms with van der Waals surface area (Å²) < 4.78 is 57.6. The Bertz CT molecular complexity index is 1170. The van der Waals surface area contributed by atoms with E-state index in [-0.39, 0.29) is 40.2 Å². The zero-order valence-electron chi connectivity index (χ0n) is 17.0. The standard InChI is InChI=1S/C22H20F4N4O2/c1-11(21(31)28-19-5-7-30(29-19)22(24,25)26)20-14-9-13(10-15(14)20)32-18-4-6-27-17-3-2-12(23)8-16(17)18/h2-8,11,13-15,20H,9-10H2,1H3,(H,28,29,31)/t11?,13-,14-,15+,20+. The van der Waals surface area contributed by atoms with E-state index < -0.39 is 6.30 Å². The second-order valence-electron chi connectivity index (χ2n) is 8.48. The fraction of sp³-hybridized carbons (Fsp3) is 0.409. The molecule has 2 aliphatic carbocycles. The van der Waals surface area contributed by atoms with E-state index in [0.29, 0.717) is 28.5 Å². The maximum atomic E-state index is 13.6. The minimum absolute atomic E-state index is 0.0344. The van der Waals surface area contributed by atoms with Crippen molar-refractivity contribution in [3.05, 3.63) is 48.5 Å². The van der Waals surface area contributed by atoms with Crippen molar-refractivity contribution < 1.29 is 27.1 Å². The van der Waals surface area contributed by atoms with Gasteiger partial charge in [0.25, 0.3) is 0 Å². The van der Waals surface area contributed by atoms with E-state index in [2.05, 4.69) is 15.4 Å². The van der Waals surface area contributed by atoms with Gasteiger partial charge in [-0.15, -0.1) is 18.3 Å². The first-order valence-corrected chi connectivity index (χ1v) is 10.4. The molecule has 2 fully saturated rings. The Morgan fingerprint density at radius 1 is 1.22 bits per heavy atom. The number of anilines is 1. The number of benzene rings is 1. The smallest absolute Gasteiger partial charge is 0.490 e. The lowest BCUT2D eigenvalue weighted by atomic mass is 9.97. The van der Waals surface area contributed by atoms with Gasteiger partial charge in [-0.05, 0) is 54.9 Å². The topological polar surface area (TPSA) is 69.0 Å². The Kier molecular flexibility index (Phi) is 4.83. The summed E-state index contributed by atoms with van der Waals surface area (Å²) in [7, 11) is 0. The van der Waals surface area contributed by atoms with Gasteiger partial charge < -0.3 is 10.1 Å². The molecule has 2 saturated carbocycles. The van der Waals surface area contributed by atoms with Gasteiger partial charge in [0.2, 0.25) is 5.91 Å². The average molecular weight is 448 g/mol. The highest BCUT2D eigenvalue weighted by atomic mass is 19.4. The van der Waals surface area contributed by atoms with E-state index in [4.69, 9.17) is 4.74 Å². The molecule has 2 aromatic heterocycles. The molecule has 1 aromatic carbocycles. The molecule has 6 nitrogen and oxygen atoms in total. The van der Waals surface area contributed by atoms with Crippen molar-refractivity contribution in [3.63, 3.8) is 0 Å². The van der Waals surface area contributed by atoms with Crippen molar-refractivity contribution >= 4 is 22.6 Å². The lowest BCUT2D eigenvalue weighted by Crippen LogP contribution is -2.26. The highest BCUT2D eigenvalue weighted by molar-refractivity contribution is 5.92. The number of rotatable bonds is 5. The van der Waals surface area contributed by atoms with Crippen molar-refractivity contribution in [2.45, 2.75) is 32.2 Å². The number of alkyl halides is 3. The molecule has 2 heterocycles. The zero-order valence-corrected chi connectivity index (χ0v) is 17.0. The second kappa shape index (κ2) is 7.46. The van der Waals surface area contributed by atoms with Crippen LogP contribution in [0.1, 0.15) is 19.8 Å². The third-order valence-corrected chi connectivity index (χ3v) is 6.52. The molecule has 5 atom stereocenters. The number of ether oxygens (including phenoxy) is 1. The number of halogens is 4. The van der Waals surface area contributed by atoms with Crippen LogP contribution in [0.2, 0.25) is 0 Å². The van der Waals surface area contributed by atoms with Gasteiger partial charge >= 0.3 is 6.30 Å². The van der Waals surface area contributed by atoms with Gasteiger partial charge in [0.05, 0.1) is 11.6 Å². The van der Waals surface area contributed by atoms with Crippen molar-refractivity contribution in [2.75, 3.05) is 5.32 Å². The van der Waals surface area contributed by atoms with E-state index >= 15 is 0 Å². The molecular weight excluding hydrogens is 428 g/mol. The summed E-state index contributed by atoms with van der Waals surface area (Å²) in [4.78, 5) is 16.7. The maximum Gasteiger partial charge on any atom is 0.504 e. The summed E-state index contributed by atoms with van der Waals surface area (Å²) in [6.07, 6.45) is -0.719. The Hall–Kier alpha value is -3.17. The SMILES string of the molecule is CC(C(=O)Nc1ccn(C(F)(F)F)n1)[C@H]1[C@@H]2C[C@@H](Oc3ccnc4ccc(F)cc34)C[C@@H]21. The molecule has 0 bridgehead atoms. The van der Waals surface area contributed by atoms with E-state index in [1.54, 1.807) is 25.3 Å². The van der Waals surface area contributed by atoms with Crippen LogP contribution in [0.4, 0.5) is 23.4 Å². The van der Waals surface area contributed by atoms with Gasteiger partial charge in [-0.3, -0.25) is 9.78 Å². The average Bonchev–Trinajstić information content (AvgIpc) is 3.08. The monoisotopic (exact) mass is 448 g/mol. The van der Waals surface area contributed by atoms with Gasteiger partial charge in [0.1, 0.15) is 11.6 Å². The number of aromatic nitrogens is 3. The molecule has 0 saturated heterocycles. The molecule has 32 heavy (non-hydrogen) atoms. The first-order chi connectivity index (χ1) is 15.2. The first-order valence-electron chi connectivity index (χ1n) is 10.4. The van der Waals surface area contributed by atoms with Crippen LogP contribution >= 0.6 is 0 Å². The molecule has 0 radical (unpaired) electrons. The molecule has 1 unspecified atom stereocenters. The maximum absolute atomic E-state index is 13.6. The van der Waals surface area contributed by atoms with Crippen molar-refractivity contribution in [1.29, 1.82) is 0 Å². The molecule has 2 aliphatic rings. The third-order valence-electron chi connectivity index (χ3n) is 6.52. The summed E-state index contributed by atoms with van der Waals surface area (Å²) in [5.74, 6) is 0.210. The number of nitrogens with one attached hydrogen (secondary N) is 1. The van der Waals surface area contributed by atoms with Gasteiger partial charge in [-0.2, -0.15) is 4.68 Å². The normalized spacial score (nSPS) is 25.4. The molecule has 10 heteroatoms. The Balaban J connectivity index is 1.18. The van der Waals surface area contributed by atoms with Crippen LogP contribution in [0.3, 0.4) is 0 Å². The van der Waals surface area contributed by atoms with Crippen LogP contribution in [0.5, 0.6) is 5.75 Å². The highest BCUT2D eigenvalue weighted by Gasteiger charge is 2.59. The largest absolute Gasteiger partial charge is 0.504 e. The lowest BCUT2D eigenvalue weighted by Gasteiger charge is -2.20. The molecule has 3 aromatic rings. The summed E-state index contributed by atoms with van der Waals surface area (Å²) in [6.45, 7) is 1.79. The second-order valence-corrected chi connectivity index (χ2v) is 8.48. The van der Waals surface area contributed by atoms with Crippen LogP contribution in [0, 0.1) is 29.5 Å². The molecule has 0 aliphatic heterocycles. The summed E-state index contributed by atoms with van der Waals surface area (Å²) in [6, 6.07) is 7.21. The van der Waals surface area contributed by atoms with Crippen molar-refractivity contribution in [1.82, 2.24) is 14.8 Å². The first kappa shape index (κ1) is 20.7. The minimum atomic E-state index is -4.62. The number of carbonyl (C=O) groups is 1. The van der Waals surface area contributed by atoms with Crippen LogP contribution in [0.25, 0.3) is 10.9 Å². The molecule has 1 N–H and O–H groups in total. The number of carbonyl (C=O) groups excluding carboxylic acids is 1. The Morgan fingerprint density at radius 3 is 2.66 bits per heavy atom. The lowest BCUT2D eigenvalue weighted by molar-refractivity contribution is -0.212. The van der Waals surface area contributed by atoms with Crippen LogP contribution in [0.15, 0.2) is 42.7 Å². The van der Waals surface area contributed by atoms with Gasteiger partial charge in [-0.1, -0.05) is 6.92 Å². The summed E-state index contributed by atoms with van der Waals surface area (Å²) >= 11 is 0. The number of hydrogen-bond donors (Lipinski definition) is 1.